The molecule has 3 aromatic carbocycles. The van der Waals surface area contributed by atoms with Crippen LogP contribution in [0, 0.1) is 21.4 Å². The molecule has 4 rings (SSSR count). The van der Waals surface area contributed by atoms with Gasteiger partial charge in [-0.1, -0.05) is 48.0 Å². The molecule has 0 aliphatic heterocycles. The van der Waals surface area contributed by atoms with Crippen molar-refractivity contribution in [2.75, 3.05) is 6.61 Å². The Kier molecular flexibility index (Phi) is 8.91. The minimum Gasteiger partial charge on any atom is -0.490 e. The highest BCUT2D eigenvalue weighted by Gasteiger charge is 2.23. The van der Waals surface area contributed by atoms with E-state index in [2.05, 4.69) is 32.1 Å². The van der Waals surface area contributed by atoms with Crippen molar-refractivity contribution in [3.8, 4) is 17.6 Å². The van der Waals surface area contributed by atoms with Gasteiger partial charge in [-0.05, 0) is 43.7 Å². The lowest BCUT2D eigenvalue weighted by Gasteiger charge is -2.15. The van der Waals surface area contributed by atoms with Crippen LogP contribution in [0.25, 0.3) is 10.9 Å². The molecule has 0 fully saturated rings. The van der Waals surface area contributed by atoms with Gasteiger partial charge < -0.3 is 9.47 Å². The fraction of sp³-hybridized carbons (Fsp3) is 0.241. The molecule has 1 heterocycles. The van der Waals surface area contributed by atoms with E-state index in [1.807, 2.05) is 19.9 Å². The first kappa shape index (κ1) is 28.4. The number of nitrogens with zero attached hydrogens (tertiary/aromatic N) is 5. The summed E-state index contributed by atoms with van der Waals surface area (Å²) in [5.41, 5.74) is 1.19. The number of aromatic nitrogens is 2. The maximum atomic E-state index is 13.4. The Bertz CT molecular complexity index is 1710. The maximum absolute atomic E-state index is 13.4. The second-order valence-corrected chi connectivity index (χ2v) is 9.83. The number of halogens is 1. The van der Waals surface area contributed by atoms with E-state index < -0.39 is 4.92 Å². The van der Waals surface area contributed by atoms with Crippen LogP contribution in [0.3, 0.4) is 0 Å². The van der Waals surface area contributed by atoms with Crippen LogP contribution in [-0.2, 0) is 6.61 Å². The summed E-state index contributed by atoms with van der Waals surface area (Å²) in [5.74, 6) is 0.488. The monoisotopic (exact) mass is 603 g/mol. The Balaban J connectivity index is 1.79. The van der Waals surface area contributed by atoms with Gasteiger partial charge in [0.15, 0.2) is 5.75 Å². The smallest absolute Gasteiger partial charge is 0.315 e. The predicted octanol–water partition coefficient (Wildman–Crippen LogP) is 6.31. The van der Waals surface area contributed by atoms with Crippen molar-refractivity contribution >= 4 is 38.7 Å². The summed E-state index contributed by atoms with van der Waals surface area (Å²) in [6.07, 6.45) is 2.09. The molecule has 10 nitrogen and oxygen atoms in total. The minimum absolute atomic E-state index is 0.0635. The van der Waals surface area contributed by atoms with Gasteiger partial charge in [0.25, 0.3) is 5.56 Å². The third-order valence-corrected chi connectivity index (χ3v) is 6.77. The number of ether oxygens (including phenoxy) is 2. The standard InChI is InChI=1S/C29H26BrN5O5/c1-4-18(3)28-33-24-11-10-22(30)14-23(24)29(36)34(28)32-16-19-12-25(35(37)38)27(26(13-19)39-5-2)40-17-21-9-7-6-8-20(21)15-31/h6-14,16,18H,4-5,17H2,1-3H3/t18-/m0/s1. The molecule has 0 unspecified atom stereocenters. The van der Waals surface area contributed by atoms with Crippen LogP contribution < -0.4 is 15.0 Å². The highest BCUT2D eigenvalue weighted by Crippen LogP contribution is 2.39. The Hall–Kier alpha value is -4.56. The zero-order chi connectivity index (χ0) is 28.8. The largest absolute Gasteiger partial charge is 0.490 e. The SMILES string of the molecule is CCOc1cc(C=Nn2c([C@@H](C)CC)nc3ccc(Br)cc3c2=O)cc([N+](=O)[O-])c1OCc1ccccc1C#N. The summed E-state index contributed by atoms with van der Waals surface area (Å²) < 4.78 is 13.5. The normalized spacial score (nSPS) is 11.9. The van der Waals surface area contributed by atoms with Gasteiger partial charge in [-0.15, -0.1) is 0 Å². The first-order chi connectivity index (χ1) is 19.3. The second kappa shape index (κ2) is 12.5. The second-order valence-electron chi connectivity index (χ2n) is 8.92. The number of nitro benzene ring substituents is 1. The van der Waals surface area contributed by atoms with Crippen LogP contribution in [0.4, 0.5) is 5.69 Å². The van der Waals surface area contributed by atoms with Gasteiger partial charge in [0.05, 0.1) is 40.3 Å². The number of hydrogen-bond acceptors (Lipinski definition) is 8. The molecule has 0 saturated heterocycles. The lowest BCUT2D eigenvalue weighted by molar-refractivity contribution is -0.386. The van der Waals surface area contributed by atoms with E-state index in [4.69, 9.17) is 9.47 Å². The Morgan fingerprint density at radius 2 is 1.98 bits per heavy atom. The molecule has 0 radical (unpaired) electrons. The van der Waals surface area contributed by atoms with E-state index in [0.29, 0.717) is 33.4 Å². The molecule has 0 spiro atoms. The van der Waals surface area contributed by atoms with E-state index in [1.165, 1.54) is 17.0 Å². The molecule has 11 heteroatoms. The van der Waals surface area contributed by atoms with Gasteiger partial charge in [-0.3, -0.25) is 14.9 Å². The lowest BCUT2D eigenvalue weighted by Crippen LogP contribution is -2.23. The van der Waals surface area contributed by atoms with E-state index in [0.717, 1.165) is 10.9 Å². The van der Waals surface area contributed by atoms with Crippen molar-refractivity contribution in [1.82, 2.24) is 9.66 Å². The first-order valence-electron chi connectivity index (χ1n) is 12.6. The maximum Gasteiger partial charge on any atom is 0.315 e. The summed E-state index contributed by atoms with van der Waals surface area (Å²) in [4.78, 5) is 29.6. The van der Waals surface area contributed by atoms with Crippen molar-refractivity contribution in [2.45, 2.75) is 39.7 Å². The topological polar surface area (TPSA) is 133 Å². The fourth-order valence-electron chi connectivity index (χ4n) is 4.03. The highest BCUT2D eigenvalue weighted by molar-refractivity contribution is 9.10. The molecular weight excluding hydrogens is 578 g/mol. The zero-order valence-corrected chi connectivity index (χ0v) is 23.7. The van der Waals surface area contributed by atoms with Gasteiger partial charge in [0.1, 0.15) is 12.4 Å². The minimum atomic E-state index is -0.572. The lowest BCUT2D eigenvalue weighted by atomic mass is 10.1. The zero-order valence-electron chi connectivity index (χ0n) is 22.1. The van der Waals surface area contributed by atoms with Gasteiger partial charge >= 0.3 is 5.69 Å². The van der Waals surface area contributed by atoms with Crippen LogP contribution in [0.15, 0.2) is 69.0 Å². The molecule has 0 amide bonds. The number of rotatable bonds is 10. The Morgan fingerprint density at radius 1 is 1.20 bits per heavy atom. The predicted molar refractivity (Wildman–Crippen MR) is 155 cm³/mol. The fourth-order valence-corrected chi connectivity index (χ4v) is 4.40. The molecular formula is C29H26BrN5O5. The number of hydrogen-bond donors (Lipinski definition) is 0. The number of fused-ring (bicyclic) bond motifs is 1. The van der Waals surface area contributed by atoms with Crippen LogP contribution >= 0.6 is 15.9 Å². The van der Waals surface area contributed by atoms with Gasteiger partial charge in [-0.25, -0.2) is 4.98 Å². The first-order valence-corrected chi connectivity index (χ1v) is 13.4. The molecule has 0 N–H and O–H groups in total. The summed E-state index contributed by atoms with van der Waals surface area (Å²) in [6.45, 7) is 5.85. The molecule has 0 aliphatic carbocycles. The van der Waals surface area contributed by atoms with Crippen molar-refractivity contribution in [3.05, 3.63) is 102 Å². The average molecular weight is 604 g/mol. The van der Waals surface area contributed by atoms with Gasteiger partial charge in [0.2, 0.25) is 5.75 Å². The van der Waals surface area contributed by atoms with Crippen LogP contribution in [0.5, 0.6) is 11.5 Å². The molecule has 40 heavy (non-hydrogen) atoms. The number of nitro groups is 1. The van der Waals surface area contributed by atoms with Crippen molar-refractivity contribution in [1.29, 1.82) is 5.26 Å². The quantitative estimate of drug-likeness (QED) is 0.118. The third kappa shape index (κ3) is 6.02. The summed E-state index contributed by atoms with van der Waals surface area (Å²) in [6, 6.07) is 17.1. The average Bonchev–Trinajstić information content (AvgIpc) is 2.95. The summed E-state index contributed by atoms with van der Waals surface area (Å²) >= 11 is 3.39. The van der Waals surface area contributed by atoms with Crippen molar-refractivity contribution < 1.29 is 14.4 Å². The van der Waals surface area contributed by atoms with E-state index in [1.54, 1.807) is 49.4 Å². The molecule has 1 aromatic heterocycles. The van der Waals surface area contributed by atoms with Crippen LogP contribution in [0.1, 0.15) is 55.6 Å². The number of nitriles is 1. The molecule has 1 atom stereocenters. The van der Waals surface area contributed by atoms with Crippen molar-refractivity contribution in [2.24, 2.45) is 5.10 Å². The van der Waals surface area contributed by atoms with E-state index in [9.17, 15) is 20.2 Å². The van der Waals surface area contributed by atoms with E-state index >= 15 is 0 Å². The molecule has 4 aromatic rings. The van der Waals surface area contributed by atoms with Crippen molar-refractivity contribution in [3.63, 3.8) is 0 Å². The molecule has 0 saturated carbocycles. The molecule has 0 bridgehead atoms. The van der Waals surface area contributed by atoms with E-state index in [-0.39, 0.29) is 41.9 Å². The summed E-state index contributed by atoms with van der Waals surface area (Å²) in [7, 11) is 0. The highest BCUT2D eigenvalue weighted by atomic mass is 79.9. The number of benzene rings is 3. The van der Waals surface area contributed by atoms with Gasteiger partial charge in [-0.2, -0.15) is 15.0 Å². The summed E-state index contributed by atoms with van der Waals surface area (Å²) in [5, 5.41) is 26.2. The van der Waals surface area contributed by atoms with Crippen LogP contribution in [-0.4, -0.2) is 27.4 Å². The Morgan fingerprint density at radius 3 is 2.67 bits per heavy atom. The third-order valence-electron chi connectivity index (χ3n) is 6.27. The Labute approximate surface area is 238 Å². The van der Waals surface area contributed by atoms with Gasteiger partial charge in [0, 0.05) is 27.6 Å². The molecule has 204 valence electrons. The molecule has 0 aliphatic rings. The van der Waals surface area contributed by atoms with Crippen LogP contribution in [0.2, 0.25) is 0 Å².